The third-order valence-electron chi connectivity index (χ3n) is 5.30. The maximum Gasteiger partial charge on any atom is 0.336 e. The van der Waals surface area contributed by atoms with Crippen molar-refractivity contribution in [1.82, 2.24) is 19.5 Å². The molecule has 3 N–H and O–H groups in total. The SMILES string of the molecule is CC(C)(C)C(=O)OCOP(=O)(CC/C=C\n1cnc2c(NC3CC3)nc(N)nc21)OCOC(=O)C(C)(C)C. The van der Waals surface area contributed by atoms with E-state index in [2.05, 4.69) is 20.3 Å². The Morgan fingerprint density at radius 1 is 1.08 bits per heavy atom. The van der Waals surface area contributed by atoms with Gasteiger partial charge in [0, 0.05) is 12.2 Å². The van der Waals surface area contributed by atoms with Crippen molar-refractivity contribution in [3.05, 3.63) is 12.4 Å². The third kappa shape index (κ3) is 8.50. The van der Waals surface area contributed by atoms with Gasteiger partial charge in [0.15, 0.2) is 17.0 Å². The van der Waals surface area contributed by atoms with E-state index in [9.17, 15) is 14.2 Å². The van der Waals surface area contributed by atoms with Gasteiger partial charge in [-0.3, -0.25) is 27.8 Å². The second kappa shape index (κ2) is 11.8. The van der Waals surface area contributed by atoms with Crippen LogP contribution in [0.1, 0.15) is 60.8 Å². The van der Waals surface area contributed by atoms with Crippen LogP contribution >= 0.6 is 7.60 Å². The van der Waals surface area contributed by atoms with Crippen LogP contribution in [0.25, 0.3) is 17.4 Å². The number of rotatable bonds is 12. The number of nitrogens with one attached hydrogen (secondary N) is 1. The lowest BCUT2D eigenvalue weighted by Gasteiger charge is -2.21. The molecule has 0 atom stereocenters. The molecule has 0 saturated heterocycles. The Bertz CT molecular complexity index is 1190. The summed E-state index contributed by atoms with van der Waals surface area (Å²) in [6.07, 6.45) is 7.34. The zero-order valence-electron chi connectivity index (χ0n) is 22.7. The maximum absolute atomic E-state index is 13.3. The molecule has 0 radical (unpaired) electrons. The number of ether oxygens (including phenoxy) is 2. The predicted molar refractivity (Wildman–Crippen MR) is 142 cm³/mol. The summed E-state index contributed by atoms with van der Waals surface area (Å²) in [4.78, 5) is 37.0. The quantitative estimate of drug-likeness (QED) is 0.219. The molecule has 0 aliphatic heterocycles. The molecular formula is C24H37N6O7P. The van der Waals surface area contributed by atoms with Gasteiger partial charge in [-0.05, 0) is 60.8 Å². The highest BCUT2D eigenvalue weighted by atomic mass is 31.2. The van der Waals surface area contributed by atoms with Gasteiger partial charge in [-0.15, -0.1) is 0 Å². The molecule has 3 rings (SSSR count). The highest BCUT2D eigenvalue weighted by molar-refractivity contribution is 7.53. The molecule has 14 heteroatoms. The molecule has 210 valence electrons. The molecule has 1 aliphatic rings. The van der Waals surface area contributed by atoms with E-state index in [1.54, 1.807) is 64.7 Å². The molecule has 0 spiro atoms. The summed E-state index contributed by atoms with van der Waals surface area (Å²) in [5.74, 6) is -0.335. The second-order valence-electron chi connectivity index (χ2n) is 11.0. The number of nitrogens with two attached hydrogens (primary N) is 1. The van der Waals surface area contributed by atoms with E-state index in [-0.39, 0.29) is 18.5 Å². The summed E-state index contributed by atoms with van der Waals surface area (Å²) < 4.78 is 35.8. The van der Waals surface area contributed by atoms with Crippen LogP contribution in [0, 0.1) is 10.8 Å². The molecule has 1 aliphatic carbocycles. The highest BCUT2D eigenvalue weighted by Gasteiger charge is 2.29. The zero-order valence-corrected chi connectivity index (χ0v) is 23.6. The van der Waals surface area contributed by atoms with E-state index in [1.807, 2.05) is 0 Å². The van der Waals surface area contributed by atoms with Gasteiger partial charge < -0.3 is 20.5 Å². The van der Waals surface area contributed by atoms with Crippen molar-refractivity contribution in [3.63, 3.8) is 0 Å². The van der Waals surface area contributed by atoms with Gasteiger partial charge >= 0.3 is 19.5 Å². The minimum absolute atomic E-state index is 0.0676. The monoisotopic (exact) mass is 552 g/mol. The van der Waals surface area contributed by atoms with E-state index in [0.717, 1.165) is 12.8 Å². The summed E-state index contributed by atoms with van der Waals surface area (Å²) in [5, 5.41) is 3.30. The van der Waals surface area contributed by atoms with Crippen LogP contribution in [0.2, 0.25) is 0 Å². The van der Waals surface area contributed by atoms with Gasteiger partial charge in [0.2, 0.25) is 19.5 Å². The third-order valence-corrected chi connectivity index (χ3v) is 7.10. The van der Waals surface area contributed by atoms with Crippen LogP contribution < -0.4 is 11.1 Å². The van der Waals surface area contributed by atoms with Gasteiger partial charge in [0.05, 0.1) is 17.0 Å². The molecule has 0 unspecified atom stereocenters. The van der Waals surface area contributed by atoms with Crippen LogP contribution in [0.3, 0.4) is 0 Å². The fraction of sp³-hybridized carbons (Fsp3) is 0.625. The van der Waals surface area contributed by atoms with Crippen molar-refractivity contribution in [2.75, 3.05) is 30.8 Å². The first-order chi connectivity index (χ1) is 17.7. The molecule has 0 bridgehead atoms. The Morgan fingerprint density at radius 3 is 2.18 bits per heavy atom. The fourth-order valence-electron chi connectivity index (χ4n) is 2.90. The van der Waals surface area contributed by atoms with E-state index in [0.29, 0.717) is 23.0 Å². The maximum atomic E-state index is 13.3. The largest absolute Gasteiger partial charge is 0.438 e. The van der Waals surface area contributed by atoms with E-state index in [4.69, 9.17) is 24.3 Å². The molecule has 38 heavy (non-hydrogen) atoms. The number of nitrogens with zero attached hydrogens (tertiary/aromatic N) is 4. The van der Waals surface area contributed by atoms with E-state index >= 15 is 0 Å². The fourth-order valence-corrected chi connectivity index (χ4v) is 4.13. The first-order valence-corrected chi connectivity index (χ1v) is 14.1. The molecular weight excluding hydrogens is 515 g/mol. The van der Waals surface area contributed by atoms with Gasteiger partial charge in [0.25, 0.3) is 0 Å². The number of aromatic nitrogens is 4. The van der Waals surface area contributed by atoms with Gasteiger partial charge in [0.1, 0.15) is 6.33 Å². The summed E-state index contributed by atoms with van der Waals surface area (Å²) in [7, 11) is -3.80. The van der Waals surface area contributed by atoms with Crippen LogP contribution in [-0.4, -0.2) is 57.2 Å². The normalized spacial score (nSPS) is 14.7. The van der Waals surface area contributed by atoms with Crippen LogP contribution in [0.4, 0.5) is 11.8 Å². The number of carbonyl (C=O) groups is 2. The standard InChI is InChI=1S/C24H37N6O7P/c1-23(2,3)20(31)34-14-36-38(33,37-15-35-21(32)24(4,5)6)12-8-7-11-30-13-26-17-18(27-16-9-10-16)28-22(25)29-19(17)30/h7,11,13,16H,8-10,12,14-15H2,1-6H3,(H3,25,27,28,29)/b11-7-. The van der Waals surface area contributed by atoms with Gasteiger partial charge in [-0.2, -0.15) is 9.97 Å². The highest BCUT2D eigenvalue weighted by Crippen LogP contribution is 2.49. The Kier molecular flexibility index (Phi) is 9.17. The van der Waals surface area contributed by atoms with Crippen molar-refractivity contribution >= 4 is 48.7 Å². The first kappa shape index (κ1) is 29.5. The van der Waals surface area contributed by atoms with Crippen LogP contribution in [-0.2, 0) is 32.7 Å². The van der Waals surface area contributed by atoms with Gasteiger partial charge in [-0.1, -0.05) is 6.08 Å². The Labute approximate surface area is 222 Å². The number of hydrogen-bond donors (Lipinski definition) is 2. The number of nitrogen functional groups attached to an aromatic ring is 1. The lowest BCUT2D eigenvalue weighted by atomic mass is 9.98. The average molecular weight is 553 g/mol. The zero-order chi connectivity index (χ0) is 28.1. The molecule has 2 aromatic rings. The summed E-state index contributed by atoms with van der Waals surface area (Å²) in [6.45, 7) is 8.98. The molecule has 0 amide bonds. The molecule has 1 saturated carbocycles. The summed E-state index contributed by atoms with van der Waals surface area (Å²) >= 11 is 0. The minimum Gasteiger partial charge on any atom is -0.438 e. The number of fused-ring (bicyclic) bond motifs is 1. The van der Waals surface area contributed by atoms with Crippen molar-refractivity contribution in [2.45, 2.75) is 66.8 Å². The van der Waals surface area contributed by atoms with Crippen molar-refractivity contribution < 1.29 is 32.7 Å². The predicted octanol–water partition coefficient (Wildman–Crippen LogP) is 4.16. The Hall–Kier alpha value is -3.02. The lowest BCUT2D eigenvalue weighted by molar-refractivity contribution is -0.162. The molecule has 1 fully saturated rings. The number of hydrogen-bond acceptors (Lipinski definition) is 12. The smallest absolute Gasteiger partial charge is 0.336 e. The number of esters is 2. The number of carbonyl (C=O) groups excluding carboxylic acids is 2. The van der Waals surface area contributed by atoms with Crippen molar-refractivity contribution in [3.8, 4) is 0 Å². The second-order valence-corrected chi connectivity index (χ2v) is 13.2. The summed E-state index contributed by atoms with van der Waals surface area (Å²) in [5.41, 5.74) is 5.48. The molecule has 2 aromatic heterocycles. The first-order valence-electron chi connectivity index (χ1n) is 12.3. The molecule has 2 heterocycles. The van der Waals surface area contributed by atoms with Crippen LogP contribution in [0.15, 0.2) is 12.4 Å². The minimum atomic E-state index is -3.80. The summed E-state index contributed by atoms with van der Waals surface area (Å²) in [6, 6.07) is 0.368. The van der Waals surface area contributed by atoms with E-state index in [1.165, 1.54) is 0 Å². The number of allylic oxidation sites excluding steroid dienone is 1. The van der Waals surface area contributed by atoms with Crippen molar-refractivity contribution in [1.29, 1.82) is 0 Å². The Balaban J connectivity index is 1.64. The topological polar surface area (TPSA) is 170 Å². The van der Waals surface area contributed by atoms with Crippen molar-refractivity contribution in [2.24, 2.45) is 10.8 Å². The average Bonchev–Trinajstić information content (AvgIpc) is 3.53. The van der Waals surface area contributed by atoms with E-state index < -0.39 is 44.0 Å². The molecule has 0 aromatic carbocycles. The lowest BCUT2D eigenvalue weighted by Crippen LogP contribution is -2.25. The van der Waals surface area contributed by atoms with Gasteiger partial charge in [-0.25, -0.2) is 4.98 Å². The molecule has 13 nitrogen and oxygen atoms in total. The number of anilines is 2. The number of imidazole rings is 1. The van der Waals surface area contributed by atoms with Crippen LogP contribution in [0.5, 0.6) is 0 Å². The Morgan fingerprint density at radius 2 is 1.66 bits per heavy atom.